The van der Waals surface area contributed by atoms with Gasteiger partial charge in [0.2, 0.25) is 0 Å². The molecule has 3 rings (SSSR count). The molecular formula is C14H10N2O. The Hall–Kier alpha value is -2.42. The molecule has 2 heterocycles. The summed E-state index contributed by atoms with van der Waals surface area (Å²) in [7, 11) is 0. The average Bonchev–Trinajstić information content (AvgIpc) is 2.82. The standard InChI is InChI=1S/C14H10N2O/c17-10-11-4-3-5-12(8-11)13-9-16-7-2-1-6-14(16)15-13/h1-10H. The Morgan fingerprint density at radius 3 is 2.88 bits per heavy atom. The van der Waals surface area contributed by atoms with Crippen LogP contribution in [0.25, 0.3) is 16.9 Å². The Labute approximate surface area is 98.4 Å². The number of pyridine rings is 1. The van der Waals surface area contributed by atoms with Crippen molar-refractivity contribution in [2.45, 2.75) is 0 Å². The van der Waals surface area contributed by atoms with Crippen molar-refractivity contribution in [2.24, 2.45) is 0 Å². The first kappa shape index (κ1) is 9.78. The van der Waals surface area contributed by atoms with Crippen molar-refractivity contribution in [3.63, 3.8) is 0 Å². The van der Waals surface area contributed by atoms with E-state index in [1.165, 1.54) is 0 Å². The lowest BCUT2D eigenvalue weighted by Crippen LogP contribution is -1.82. The highest BCUT2D eigenvalue weighted by atomic mass is 16.1. The highest BCUT2D eigenvalue weighted by Crippen LogP contribution is 2.19. The van der Waals surface area contributed by atoms with Crippen LogP contribution in [-0.2, 0) is 0 Å². The van der Waals surface area contributed by atoms with Gasteiger partial charge < -0.3 is 4.40 Å². The molecule has 1 aromatic carbocycles. The third-order valence-electron chi connectivity index (χ3n) is 2.68. The summed E-state index contributed by atoms with van der Waals surface area (Å²) in [6.45, 7) is 0. The molecule has 0 N–H and O–H groups in total. The van der Waals surface area contributed by atoms with E-state index in [1.54, 1.807) is 6.07 Å². The lowest BCUT2D eigenvalue weighted by atomic mass is 10.1. The molecule has 0 radical (unpaired) electrons. The zero-order valence-corrected chi connectivity index (χ0v) is 9.08. The number of carbonyl (C=O) groups excluding carboxylic acids is 1. The van der Waals surface area contributed by atoms with Gasteiger partial charge in [-0.2, -0.15) is 0 Å². The third-order valence-corrected chi connectivity index (χ3v) is 2.68. The summed E-state index contributed by atoms with van der Waals surface area (Å²) in [5, 5.41) is 0. The fourth-order valence-corrected chi connectivity index (χ4v) is 1.85. The van der Waals surface area contributed by atoms with Crippen LogP contribution in [0.4, 0.5) is 0 Å². The van der Waals surface area contributed by atoms with Crippen LogP contribution in [0.1, 0.15) is 10.4 Å². The third kappa shape index (κ3) is 1.72. The van der Waals surface area contributed by atoms with E-state index in [1.807, 2.05) is 53.2 Å². The number of fused-ring (bicyclic) bond motifs is 1. The number of rotatable bonds is 2. The molecule has 0 saturated carbocycles. The summed E-state index contributed by atoms with van der Waals surface area (Å²) in [4.78, 5) is 15.2. The summed E-state index contributed by atoms with van der Waals surface area (Å²) in [6.07, 6.45) is 4.76. The van der Waals surface area contributed by atoms with Crippen LogP contribution in [0.15, 0.2) is 54.9 Å². The first-order valence-electron chi connectivity index (χ1n) is 5.36. The van der Waals surface area contributed by atoms with Gasteiger partial charge in [-0.25, -0.2) is 4.98 Å². The molecule has 0 saturated heterocycles. The molecule has 0 aliphatic heterocycles. The normalized spacial score (nSPS) is 10.6. The van der Waals surface area contributed by atoms with E-state index in [0.717, 1.165) is 23.2 Å². The molecule has 0 unspecified atom stereocenters. The molecule has 0 aliphatic rings. The van der Waals surface area contributed by atoms with Crippen LogP contribution in [0, 0.1) is 0 Å². The predicted octanol–water partition coefficient (Wildman–Crippen LogP) is 2.81. The molecule has 3 nitrogen and oxygen atoms in total. The molecule has 82 valence electrons. The van der Waals surface area contributed by atoms with Crippen LogP contribution in [0.2, 0.25) is 0 Å². The molecule has 17 heavy (non-hydrogen) atoms. The number of hydrogen-bond acceptors (Lipinski definition) is 2. The van der Waals surface area contributed by atoms with Crippen LogP contribution < -0.4 is 0 Å². The van der Waals surface area contributed by atoms with Gasteiger partial charge in [-0.05, 0) is 18.2 Å². The maximum Gasteiger partial charge on any atom is 0.150 e. The fourth-order valence-electron chi connectivity index (χ4n) is 1.85. The van der Waals surface area contributed by atoms with Crippen molar-refractivity contribution in [1.82, 2.24) is 9.38 Å². The molecule has 0 fully saturated rings. The minimum Gasteiger partial charge on any atom is -0.306 e. The van der Waals surface area contributed by atoms with Gasteiger partial charge in [-0.1, -0.05) is 24.3 Å². The van der Waals surface area contributed by atoms with Gasteiger partial charge in [0.15, 0.2) is 0 Å². The Kier molecular flexibility index (Phi) is 2.22. The van der Waals surface area contributed by atoms with Crippen molar-refractivity contribution in [3.8, 4) is 11.3 Å². The van der Waals surface area contributed by atoms with Crippen LogP contribution in [0.3, 0.4) is 0 Å². The Morgan fingerprint density at radius 2 is 2.06 bits per heavy atom. The SMILES string of the molecule is O=Cc1cccc(-c2cn3ccccc3n2)c1. The van der Waals surface area contributed by atoms with Gasteiger partial charge in [0, 0.05) is 23.5 Å². The largest absolute Gasteiger partial charge is 0.306 e. The summed E-state index contributed by atoms with van der Waals surface area (Å²) >= 11 is 0. The zero-order valence-electron chi connectivity index (χ0n) is 9.08. The lowest BCUT2D eigenvalue weighted by Gasteiger charge is -1.96. The average molecular weight is 222 g/mol. The molecule has 0 bridgehead atoms. The summed E-state index contributed by atoms with van der Waals surface area (Å²) in [6, 6.07) is 13.3. The molecule has 0 atom stereocenters. The molecule has 0 spiro atoms. The smallest absolute Gasteiger partial charge is 0.150 e. The molecular weight excluding hydrogens is 212 g/mol. The van der Waals surface area contributed by atoms with E-state index in [-0.39, 0.29) is 0 Å². The first-order chi connectivity index (χ1) is 8.36. The molecule has 2 aromatic heterocycles. The maximum absolute atomic E-state index is 10.7. The second kappa shape index (κ2) is 3.87. The van der Waals surface area contributed by atoms with Gasteiger partial charge in [0.1, 0.15) is 11.9 Å². The second-order valence-electron chi connectivity index (χ2n) is 3.84. The Balaban J connectivity index is 2.16. The van der Waals surface area contributed by atoms with E-state index in [4.69, 9.17) is 0 Å². The lowest BCUT2D eigenvalue weighted by molar-refractivity contribution is 0.112. The number of carbonyl (C=O) groups is 1. The quantitative estimate of drug-likeness (QED) is 0.625. The second-order valence-corrected chi connectivity index (χ2v) is 3.84. The molecule has 3 heteroatoms. The monoisotopic (exact) mass is 222 g/mol. The summed E-state index contributed by atoms with van der Waals surface area (Å²) < 4.78 is 1.96. The van der Waals surface area contributed by atoms with E-state index in [0.29, 0.717) is 5.56 Å². The first-order valence-corrected chi connectivity index (χ1v) is 5.36. The van der Waals surface area contributed by atoms with Crippen LogP contribution in [-0.4, -0.2) is 15.7 Å². The maximum atomic E-state index is 10.7. The number of aromatic nitrogens is 2. The van der Waals surface area contributed by atoms with Crippen molar-refractivity contribution >= 4 is 11.9 Å². The highest BCUT2D eigenvalue weighted by Gasteiger charge is 2.04. The minimum absolute atomic E-state index is 0.666. The van der Waals surface area contributed by atoms with Crippen molar-refractivity contribution in [3.05, 3.63) is 60.4 Å². The van der Waals surface area contributed by atoms with E-state index in [9.17, 15) is 4.79 Å². The zero-order chi connectivity index (χ0) is 11.7. The molecule has 0 amide bonds. The van der Waals surface area contributed by atoms with Crippen molar-refractivity contribution in [1.29, 1.82) is 0 Å². The predicted molar refractivity (Wildman–Crippen MR) is 66.0 cm³/mol. The van der Waals surface area contributed by atoms with Crippen molar-refractivity contribution < 1.29 is 4.79 Å². The molecule has 0 aliphatic carbocycles. The fraction of sp³-hybridized carbons (Fsp3) is 0. The number of benzene rings is 1. The van der Waals surface area contributed by atoms with E-state index >= 15 is 0 Å². The number of hydrogen-bond donors (Lipinski definition) is 0. The number of imidazole rings is 1. The summed E-state index contributed by atoms with van der Waals surface area (Å²) in [5.74, 6) is 0. The minimum atomic E-state index is 0.666. The topological polar surface area (TPSA) is 34.4 Å². The number of nitrogens with zero attached hydrogens (tertiary/aromatic N) is 2. The van der Waals surface area contributed by atoms with Gasteiger partial charge in [-0.3, -0.25) is 4.79 Å². The Bertz CT molecular complexity index is 652. The van der Waals surface area contributed by atoms with Gasteiger partial charge in [-0.15, -0.1) is 0 Å². The van der Waals surface area contributed by atoms with E-state index in [2.05, 4.69) is 4.98 Å². The van der Waals surface area contributed by atoms with Gasteiger partial charge in [0.05, 0.1) is 5.69 Å². The molecule has 3 aromatic rings. The Morgan fingerprint density at radius 1 is 1.12 bits per heavy atom. The number of aldehydes is 1. The van der Waals surface area contributed by atoms with Crippen LogP contribution >= 0.6 is 0 Å². The van der Waals surface area contributed by atoms with Gasteiger partial charge in [0.25, 0.3) is 0 Å². The van der Waals surface area contributed by atoms with Crippen LogP contribution in [0.5, 0.6) is 0 Å². The summed E-state index contributed by atoms with van der Waals surface area (Å²) in [5.41, 5.74) is 3.40. The highest BCUT2D eigenvalue weighted by molar-refractivity contribution is 5.78. The van der Waals surface area contributed by atoms with E-state index < -0.39 is 0 Å². The van der Waals surface area contributed by atoms with Crippen molar-refractivity contribution in [2.75, 3.05) is 0 Å². The van der Waals surface area contributed by atoms with Gasteiger partial charge >= 0.3 is 0 Å².